The molecule has 0 bridgehead atoms. The molecule has 1 aromatic heterocycles. The van der Waals surface area contributed by atoms with Gasteiger partial charge < -0.3 is 14.2 Å². The predicted molar refractivity (Wildman–Crippen MR) is 122 cm³/mol. The fourth-order valence-corrected chi connectivity index (χ4v) is 3.90. The van der Waals surface area contributed by atoms with E-state index < -0.39 is 17.7 Å². The van der Waals surface area contributed by atoms with Crippen LogP contribution in [0, 0.1) is 17.5 Å². The van der Waals surface area contributed by atoms with Gasteiger partial charge in [-0.2, -0.15) is 0 Å². The van der Waals surface area contributed by atoms with Gasteiger partial charge in [-0.05, 0) is 67.4 Å². The maximum atomic E-state index is 14.1. The Morgan fingerprint density at radius 3 is 2.42 bits per heavy atom. The molecule has 0 atom stereocenters. The fourth-order valence-electron chi connectivity index (χ4n) is 3.90. The Morgan fingerprint density at radius 1 is 0.939 bits per heavy atom. The lowest BCUT2D eigenvalue weighted by Crippen LogP contribution is -2.33. The molecular weight excluding hydrogens is 429 g/mol. The number of fused-ring (bicyclic) bond motifs is 1. The smallest absolute Gasteiger partial charge is 0.410 e. The van der Waals surface area contributed by atoms with Crippen LogP contribution in [0.4, 0.5) is 18.0 Å². The Bertz CT molecular complexity index is 1310. The summed E-state index contributed by atoms with van der Waals surface area (Å²) < 4.78 is 48.9. The first-order chi connectivity index (χ1) is 15.9. The van der Waals surface area contributed by atoms with Crippen LogP contribution in [0.15, 0.2) is 66.9 Å². The SMILES string of the molecule is CCN(CC)C(=O)Oc1ccc2c(ccn2Cc2cccc(F)c2)c1-c1ccc(F)c(F)c1. The van der Waals surface area contributed by atoms with Crippen molar-refractivity contribution in [2.45, 2.75) is 20.4 Å². The van der Waals surface area contributed by atoms with E-state index in [1.165, 1.54) is 23.1 Å². The third-order valence-corrected chi connectivity index (χ3v) is 5.58. The van der Waals surface area contributed by atoms with E-state index in [0.717, 1.165) is 23.2 Å². The molecule has 3 aromatic carbocycles. The standard InChI is InChI=1S/C26H23F3N2O2/c1-3-30(4-2)26(32)33-24-11-10-23-20(25(24)18-8-9-21(28)22(29)15-18)12-13-31(23)16-17-6-5-7-19(27)14-17/h5-15H,3-4,16H2,1-2H3. The summed E-state index contributed by atoms with van der Waals surface area (Å²) >= 11 is 0. The van der Waals surface area contributed by atoms with Crippen molar-refractivity contribution in [2.75, 3.05) is 13.1 Å². The number of ether oxygens (including phenoxy) is 1. The second kappa shape index (κ2) is 9.40. The van der Waals surface area contributed by atoms with Crippen molar-refractivity contribution in [3.8, 4) is 16.9 Å². The molecule has 0 N–H and O–H groups in total. The van der Waals surface area contributed by atoms with Gasteiger partial charge in [-0.1, -0.05) is 18.2 Å². The van der Waals surface area contributed by atoms with Gasteiger partial charge in [-0.3, -0.25) is 0 Å². The van der Waals surface area contributed by atoms with E-state index in [1.807, 2.05) is 36.7 Å². The number of hydrogen-bond donors (Lipinski definition) is 0. The van der Waals surface area contributed by atoms with Crippen molar-refractivity contribution >= 4 is 17.0 Å². The van der Waals surface area contributed by atoms with E-state index >= 15 is 0 Å². The average molecular weight is 452 g/mol. The Labute approximate surface area is 189 Å². The van der Waals surface area contributed by atoms with E-state index in [2.05, 4.69) is 0 Å². The van der Waals surface area contributed by atoms with Crippen molar-refractivity contribution in [1.82, 2.24) is 9.47 Å². The highest BCUT2D eigenvalue weighted by atomic mass is 19.2. The number of nitrogens with zero attached hydrogens (tertiary/aromatic N) is 2. The Kier molecular flexibility index (Phi) is 6.40. The van der Waals surface area contributed by atoms with Crippen LogP contribution >= 0.6 is 0 Å². The number of amides is 1. The number of hydrogen-bond acceptors (Lipinski definition) is 2. The van der Waals surface area contributed by atoms with Gasteiger partial charge in [0.25, 0.3) is 0 Å². The lowest BCUT2D eigenvalue weighted by Gasteiger charge is -2.20. The molecule has 4 aromatic rings. The largest absolute Gasteiger partial charge is 0.415 e. The molecule has 0 saturated heterocycles. The first-order valence-corrected chi connectivity index (χ1v) is 10.7. The molecule has 170 valence electrons. The normalized spacial score (nSPS) is 11.1. The van der Waals surface area contributed by atoms with Gasteiger partial charge in [-0.15, -0.1) is 0 Å². The first-order valence-electron chi connectivity index (χ1n) is 10.7. The summed E-state index contributed by atoms with van der Waals surface area (Å²) in [5, 5.41) is 0.697. The molecule has 1 amide bonds. The number of rotatable bonds is 6. The highest BCUT2D eigenvalue weighted by Crippen LogP contribution is 2.38. The van der Waals surface area contributed by atoms with Crippen LogP contribution in [0.2, 0.25) is 0 Å². The van der Waals surface area contributed by atoms with E-state index in [1.54, 1.807) is 18.2 Å². The van der Waals surface area contributed by atoms with Gasteiger partial charge in [0.2, 0.25) is 0 Å². The van der Waals surface area contributed by atoms with Crippen molar-refractivity contribution in [1.29, 1.82) is 0 Å². The zero-order valence-corrected chi connectivity index (χ0v) is 18.3. The third-order valence-electron chi connectivity index (χ3n) is 5.58. The summed E-state index contributed by atoms with van der Waals surface area (Å²) in [7, 11) is 0. The minimum Gasteiger partial charge on any atom is -0.410 e. The number of aromatic nitrogens is 1. The molecule has 4 nitrogen and oxygen atoms in total. The van der Waals surface area contributed by atoms with Gasteiger partial charge in [0.05, 0.1) is 0 Å². The maximum Gasteiger partial charge on any atom is 0.415 e. The zero-order valence-electron chi connectivity index (χ0n) is 18.3. The van der Waals surface area contributed by atoms with E-state index in [9.17, 15) is 18.0 Å². The van der Waals surface area contributed by atoms with Gasteiger partial charge in [-0.25, -0.2) is 18.0 Å². The van der Waals surface area contributed by atoms with Crippen LogP contribution in [0.3, 0.4) is 0 Å². The minimum absolute atomic E-state index is 0.244. The minimum atomic E-state index is -0.996. The predicted octanol–water partition coefficient (Wildman–Crippen LogP) is 6.61. The Hall–Kier alpha value is -3.74. The zero-order chi connectivity index (χ0) is 23.5. The lowest BCUT2D eigenvalue weighted by molar-refractivity contribution is 0.157. The molecule has 0 aliphatic heterocycles. The summed E-state index contributed by atoms with van der Waals surface area (Å²) in [4.78, 5) is 14.1. The van der Waals surface area contributed by atoms with Crippen molar-refractivity contribution in [3.05, 3.63) is 89.9 Å². The Morgan fingerprint density at radius 2 is 1.73 bits per heavy atom. The molecule has 1 heterocycles. The molecule has 7 heteroatoms. The fraction of sp³-hybridized carbons (Fsp3) is 0.192. The molecule has 0 saturated carbocycles. The van der Waals surface area contributed by atoms with E-state index in [0.29, 0.717) is 36.1 Å². The quantitative estimate of drug-likeness (QED) is 0.330. The average Bonchev–Trinajstić information content (AvgIpc) is 3.19. The highest BCUT2D eigenvalue weighted by Gasteiger charge is 2.20. The van der Waals surface area contributed by atoms with Crippen LogP contribution in [-0.2, 0) is 6.54 Å². The van der Waals surface area contributed by atoms with Crippen LogP contribution in [0.25, 0.3) is 22.0 Å². The molecule has 0 spiro atoms. The summed E-state index contributed by atoms with van der Waals surface area (Å²) in [6, 6.07) is 15.2. The summed E-state index contributed by atoms with van der Waals surface area (Å²) in [6.45, 7) is 5.05. The second-order valence-corrected chi connectivity index (χ2v) is 7.61. The topological polar surface area (TPSA) is 34.5 Å². The first kappa shape index (κ1) is 22.5. The molecule has 4 rings (SSSR count). The molecule has 0 radical (unpaired) electrons. The van der Waals surface area contributed by atoms with Gasteiger partial charge >= 0.3 is 6.09 Å². The maximum absolute atomic E-state index is 14.1. The van der Waals surface area contributed by atoms with Crippen LogP contribution in [-0.4, -0.2) is 28.6 Å². The number of benzene rings is 3. The van der Waals surface area contributed by atoms with Crippen LogP contribution in [0.5, 0.6) is 5.75 Å². The Balaban J connectivity index is 1.83. The van der Waals surface area contributed by atoms with E-state index in [-0.39, 0.29) is 11.6 Å². The monoisotopic (exact) mass is 452 g/mol. The molecule has 0 fully saturated rings. The summed E-state index contributed by atoms with van der Waals surface area (Å²) in [5.41, 5.74) is 2.41. The van der Waals surface area contributed by atoms with Crippen LogP contribution in [0.1, 0.15) is 19.4 Å². The highest BCUT2D eigenvalue weighted by molar-refractivity contribution is 5.99. The molecule has 33 heavy (non-hydrogen) atoms. The second-order valence-electron chi connectivity index (χ2n) is 7.61. The van der Waals surface area contributed by atoms with Crippen molar-refractivity contribution in [2.24, 2.45) is 0 Å². The van der Waals surface area contributed by atoms with E-state index in [4.69, 9.17) is 4.74 Å². The van der Waals surface area contributed by atoms with Gasteiger partial charge in [0, 0.05) is 42.3 Å². The number of carbonyl (C=O) groups is 1. The van der Waals surface area contributed by atoms with Crippen molar-refractivity contribution in [3.63, 3.8) is 0 Å². The summed E-state index contributed by atoms with van der Waals surface area (Å²) in [6.07, 6.45) is 1.30. The molecule has 0 aliphatic rings. The van der Waals surface area contributed by atoms with Crippen LogP contribution < -0.4 is 4.74 Å². The number of carbonyl (C=O) groups excluding carboxylic acids is 1. The molecule has 0 aliphatic carbocycles. The van der Waals surface area contributed by atoms with Gasteiger partial charge in [0.15, 0.2) is 11.6 Å². The van der Waals surface area contributed by atoms with Crippen molar-refractivity contribution < 1.29 is 22.7 Å². The summed E-state index contributed by atoms with van der Waals surface area (Å²) in [5.74, 6) is -2.04. The molecule has 0 unspecified atom stereocenters. The third kappa shape index (κ3) is 4.58. The lowest BCUT2D eigenvalue weighted by atomic mass is 10.00. The van der Waals surface area contributed by atoms with Gasteiger partial charge in [0.1, 0.15) is 11.6 Å². The number of halogens is 3. The molecular formula is C26H23F3N2O2.